The molecule has 0 saturated heterocycles. The van der Waals surface area contributed by atoms with Gasteiger partial charge in [-0.2, -0.15) is 5.26 Å². The number of nitrogens with zero attached hydrogens (tertiary/aromatic N) is 2. The van der Waals surface area contributed by atoms with Gasteiger partial charge in [-0.1, -0.05) is 0 Å². The van der Waals surface area contributed by atoms with E-state index in [0.29, 0.717) is 31.0 Å². The highest BCUT2D eigenvalue weighted by Crippen LogP contribution is 2.24. The molecular formula is C14H21N3O2. The molecule has 19 heavy (non-hydrogen) atoms. The molecule has 0 amide bonds. The topological polar surface area (TPSA) is 71.5 Å². The van der Waals surface area contributed by atoms with Crippen LogP contribution in [0.5, 0.6) is 0 Å². The standard InChI is InChI=1S/C14H21N3O2/c1-11(10-19-3)17(6-7-18-2)14-5-4-13(16)8-12(14)9-15/h4-5,8,11H,6-7,10,16H2,1-3H3. The molecule has 5 nitrogen and oxygen atoms in total. The molecule has 0 heterocycles. The van der Waals surface area contributed by atoms with E-state index in [1.54, 1.807) is 26.4 Å². The van der Waals surface area contributed by atoms with Crippen molar-refractivity contribution in [2.24, 2.45) is 0 Å². The smallest absolute Gasteiger partial charge is 0.101 e. The number of methoxy groups -OCH3 is 2. The number of nitriles is 1. The number of hydrogen-bond donors (Lipinski definition) is 1. The first-order valence-corrected chi connectivity index (χ1v) is 6.18. The van der Waals surface area contributed by atoms with Crippen molar-refractivity contribution in [1.82, 2.24) is 0 Å². The van der Waals surface area contributed by atoms with Crippen molar-refractivity contribution in [1.29, 1.82) is 5.26 Å². The van der Waals surface area contributed by atoms with Crippen molar-refractivity contribution >= 4 is 11.4 Å². The summed E-state index contributed by atoms with van der Waals surface area (Å²) < 4.78 is 10.3. The van der Waals surface area contributed by atoms with Crippen molar-refractivity contribution in [2.45, 2.75) is 13.0 Å². The molecule has 1 aromatic rings. The molecular weight excluding hydrogens is 242 g/mol. The van der Waals surface area contributed by atoms with Gasteiger partial charge in [0, 0.05) is 32.5 Å². The summed E-state index contributed by atoms with van der Waals surface area (Å²) in [5.41, 5.74) is 7.74. The van der Waals surface area contributed by atoms with Crippen LogP contribution in [-0.2, 0) is 9.47 Å². The first kappa shape index (κ1) is 15.3. The van der Waals surface area contributed by atoms with Gasteiger partial charge in [-0.15, -0.1) is 0 Å². The Balaban J connectivity index is 3.06. The number of ether oxygens (including phenoxy) is 2. The molecule has 104 valence electrons. The maximum absolute atomic E-state index is 9.23. The van der Waals surface area contributed by atoms with E-state index >= 15 is 0 Å². The maximum Gasteiger partial charge on any atom is 0.101 e. The minimum Gasteiger partial charge on any atom is -0.399 e. The average Bonchev–Trinajstić information content (AvgIpc) is 2.40. The third kappa shape index (κ3) is 4.12. The summed E-state index contributed by atoms with van der Waals surface area (Å²) in [5, 5.41) is 9.23. The zero-order valence-corrected chi connectivity index (χ0v) is 11.7. The Kier molecular flexibility index (Phi) is 6.13. The number of nitrogens with two attached hydrogens (primary N) is 1. The minimum absolute atomic E-state index is 0.149. The molecule has 0 fully saturated rings. The second-order valence-corrected chi connectivity index (χ2v) is 4.38. The van der Waals surface area contributed by atoms with Gasteiger partial charge in [-0.05, 0) is 25.1 Å². The number of anilines is 2. The average molecular weight is 263 g/mol. The predicted molar refractivity (Wildman–Crippen MR) is 76.1 cm³/mol. The molecule has 5 heteroatoms. The van der Waals surface area contributed by atoms with Gasteiger partial charge in [0.1, 0.15) is 6.07 Å². The fourth-order valence-corrected chi connectivity index (χ4v) is 1.99. The van der Waals surface area contributed by atoms with E-state index in [9.17, 15) is 5.26 Å². The van der Waals surface area contributed by atoms with Gasteiger partial charge in [0.25, 0.3) is 0 Å². The van der Waals surface area contributed by atoms with E-state index in [1.807, 2.05) is 6.07 Å². The van der Waals surface area contributed by atoms with E-state index in [0.717, 1.165) is 5.69 Å². The molecule has 0 aliphatic carbocycles. The van der Waals surface area contributed by atoms with E-state index in [1.165, 1.54) is 0 Å². The summed E-state index contributed by atoms with van der Waals surface area (Å²) in [7, 11) is 3.33. The lowest BCUT2D eigenvalue weighted by molar-refractivity contribution is 0.171. The predicted octanol–water partition coefficient (Wildman–Crippen LogP) is 1.63. The molecule has 1 unspecified atom stereocenters. The lowest BCUT2D eigenvalue weighted by Crippen LogP contribution is -2.39. The summed E-state index contributed by atoms with van der Waals surface area (Å²) in [4.78, 5) is 2.10. The van der Waals surface area contributed by atoms with E-state index in [-0.39, 0.29) is 6.04 Å². The molecule has 1 rings (SSSR count). The van der Waals surface area contributed by atoms with Crippen molar-refractivity contribution in [3.05, 3.63) is 23.8 Å². The lowest BCUT2D eigenvalue weighted by atomic mass is 10.1. The number of hydrogen-bond acceptors (Lipinski definition) is 5. The van der Waals surface area contributed by atoms with Crippen molar-refractivity contribution in [2.75, 3.05) is 44.6 Å². The molecule has 1 aromatic carbocycles. The summed E-state index contributed by atoms with van der Waals surface area (Å²) >= 11 is 0. The number of rotatable bonds is 7. The highest BCUT2D eigenvalue weighted by atomic mass is 16.5. The fraction of sp³-hybridized carbons (Fsp3) is 0.500. The zero-order chi connectivity index (χ0) is 14.3. The molecule has 0 bridgehead atoms. The number of nitrogen functional groups attached to an aromatic ring is 1. The van der Waals surface area contributed by atoms with E-state index < -0.39 is 0 Å². The summed E-state index contributed by atoms with van der Waals surface area (Å²) in [5.74, 6) is 0. The first-order valence-electron chi connectivity index (χ1n) is 6.18. The number of benzene rings is 1. The van der Waals surface area contributed by atoms with Gasteiger partial charge in [0.15, 0.2) is 0 Å². The van der Waals surface area contributed by atoms with Crippen LogP contribution in [0.2, 0.25) is 0 Å². The van der Waals surface area contributed by atoms with Crippen LogP contribution in [0.4, 0.5) is 11.4 Å². The highest BCUT2D eigenvalue weighted by Gasteiger charge is 2.17. The largest absolute Gasteiger partial charge is 0.399 e. The molecule has 0 aliphatic heterocycles. The van der Waals surface area contributed by atoms with Crippen molar-refractivity contribution in [3.8, 4) is 6.07 Å². The minimum atomic E-state index is 0.149. The van der Waals surface area contributed by atoms with Gasteiger partial charge in [-0.25, -0.2) is 0 Å². The Morgan fingerprint density at radius 2 is 2.11 bits per heavy atom. The fourth-order valence-electron chi connectivity index (χ4n) is 1.99. The Morgan fingerprint density at radius 1 is 1.37 bits per heavy atom. The third-order valence-electron chi connectivity index (χ3n) is 2.93. The van der Waals surface area contributed by atoms with Crippen LogP contribution in [0, 0.1) is 11.3 Å². The SMILES string of the molecule is COCCN(c1ccc(N)cc1C#N)C(C)COC. The Labute approximate surface area is 114 Å². The highest BCUT2D eigenvalue weighted by molar-refractivity contribution is 5.64. The van der Waals surface area contributed by atoms with E-state index in [4.69, 9.17) is 15.2 Å². The Morgan fingerprint density at radius 3 is 2.68 bits per heavy atom. The van der Waals surface area contributed by atoms with Crippen LogP contribution in [-0.4, -0.2) is 40.0 Å². The third-order valence-corrected chi connectivity index (χ3v) is 2.93. The molecule has 0 radical (unpaired) electrons. The van der Waals surface area contributed by atoms with E-state index in [2.05, 4.69) is 17.9 Å². The molecule has 0 aromatic heterocycles. The molecule has 0 aliphatic rings. The van der Waals surface area contributed by atoms with Gasteiger partial charge >= 0.3 is 0 Å². The van der Waals surface area contributed by atoms with Crippen molar-refractivity contribution < 1.29 is 9.47 Å². The Hall–Kier alpha value is -1.77. The second kappa shape index (κ2) is 7.62. The molecule has 2 N–H and O–H groups in total. The van der Waals surface area contributed by atoms with Crippen LogP contribution in [0.3, 0.4) is 0 Å². The maximum atomic E-state index is 9.23. The quantitative estimate of drug-likeness (QED) is 0.757. The molecule has 0 spiro atoms. The molecule has 0 saturated carbocycles. The second-order valence-electron chi connectivity index (χ2n) is 4.38. The van der Waals surface area contributed by atoms with Crippen molar-refractivity contribution in [3.63, 3.8) is 0 Å². The van der Waals surface area contributed by atoms with Crippen LogP contribution in [0.25, 0.3) is 0 Å². The monoisotopic (exact) mass is 263 g/mol. The Bertz CT molecular complexity index is 443. The normalized spacial score (nSPS) is 11.9. The van der Waals surface area contributed by atoms with Gasteiger partial charge in [0.05, 0.1) is 24.5 Å². The van der Waals surface area contributed by atoms with Crippen LogP contribution >= 0.6 is 0 Å². The summed E-state index contributed by atoms with van der Waals surface area (Å²) in [6.07, 6.45) is 0. The summed E-state index contributed by atoms with van der Waals surface area (Å²) in [6, 6.07) is 7.70. The van der Waals surface area contributed by atoms with Gasteiger partial charge < -0.3 is 20.1 Å². The molecule has 1 atom stereocenters. The van der Waals surface area contributed by atoms with Crippen LogP contribution in [0.15, 0.2) is 18.2 Å². The van der Waals surface area contributed by atoms with Gasteiger partial charge in [-0.3, -0.25) is 0 Å². The summed E-state index contributed by atoms with van der Waals surface area (Å²) in [6.45, 7) is 3.92. The van der Waals surface area contributed by atoms with Crippen LogP contribution in [0.1, 0.15) is 12.5 Å². The lowest BCUT2D eigenvalue weighted by Gasteiger charge is -2.31. The first-order chi connectivity index (χ1) is 9.13. The van der Waals surface area contributed by atoms with Crippen LogP contribution < -0.4 is 10.6 Å². The van der Waals surface area contributed by atoms with Gasteiger partial charge in [0.2, 0.25) is 0 Å². The zero-order valence-electron chi connectivity index (χ0n) is 11.7.